The third kappa shape index (κ3) is 1.74. The highest BCUT2D eigenvalue weighted by Crippen LogP contribution is 2.27. The van der Waals surface area contributed by atoms with E-state index in [-0.39, 0.29) is 5.41 Å². The van der Waals surface area contributed by atoms with Crippen molar-refractivity contribution in [1.82, 2.24) is 9.97 Å². The standard InChI is InChI=1S/C16H16N2/c1-16(2,3)14-9-13-12(10-18-14)7-6-11-5-4-8-17-15(11)13/h4-10H,1-3H3. The first-order valence-electron chi connectivity index (χ1n) is 6.20. The van der Waals surface area contributed by atoms with Gasteiger partial charge in [0.05, 0.1) is 5.52 Å². The zero-order valence-corrected chi connectivity index (χ0v) is 10.9. The first kappa shape index (κ1) is 11.1. The third-order valence-electron chi connectivity index (χ3n) is 3.24. The second kappa shape index (κ2) is 3.77. The number of pyridine rings is 2. The van der Waals surface area contributed by atoms with Gasteiger partial charge in [-0.1, -0.05) is 39.0 Å². The van der Waals surface area contributed by atoms with Crippen LogP contribution >= 0.6 is 0 Å². The Morgan fingerprint density at radius 3 is 2.50 bits per heavy atom. The number of hydrogen-bond donors (Lipinski definition) is 0. The van der Waals surface area contributed by atoms with Crippen molar-refractivity contribution in [3.8, 4) is 0 Å². The number of nitrogens with zero attached hydrogens (tertiary/aromatic N) is 2. The van der Waals surface area contributed by atoms with Gasteiger partial charge in [0.15, 0.2) is 0 Å². The van der Waals surface area contributed by atoms with Crippen LogP contribution in [0.4, 0.5) is 0 Å². The van der Waals surface area contributed by atoms with E-state index in [4.69, 9.17) is 0 Å². The summed E-state index contributed by atoms with van der Waals surface area (Å²) in [5, 5.41) is 3.51. The molecule has 0 saturated heterocycles. The molecule has 0 atom stereocenters. The minimum atomic E-state index is 0.0606. The molecule has 0 spiro atoms. The Morgan fingerprint density at radius 1 is 0.944 bits per heavy atom. The largest absolute Gasteiger partial charge is 0.260 e. The summed E-state index contributed by atoms with van der Waals surface area (Å²) in [6, 6.07) is 10.4. The van der Waals surface area contributed by atoms with Crippen LogP contribution in [-0.2, 0) is 5.41 Å². The molecule has 1 aromatic carbocycles. The zero-order valence-electron chi connectivity index (χ0n) is 10.9. The van der Waals surface area contributed by atoms with E-state index < -0.39 is 0 Å². The van der Waals surface area contributed by atoms with Crippen LogP contribution < -0.4 is 0 Å². The van der Waals surface area contributed by atoms with Crippen molar-refractivity contribution in [3.63, 3.8) is 0 Å². The molecule has 0 fully saturated rings. The molecule has 0 aliphatic heterocycles. The Bertz CT molecular complexity index is 724. The topological polar surface area (TPSA) is 25.8 Å². The Morgan fingerprint density at radius 2 is 1.72 bits per heavy atom. The summed E-state index contributed by atoms with van der Waals surface area (Å²) in [6.07, 6.45) is 3.79. The minimum Gasteiger partial charge on any atom is -0.260 e. The average Bonchev–Trinajstić information content (AvgIpc) is 2.37. The summed E-state index contributed by atoms with van der Waals surface area (Å²) >= 11 is 0. The molecule has 2 aromatic heterocycles. The van der Waals surface area contributed by atoms with Crippen molar-refractivity contribution in [3.05, 3.63) is 48.4 Å². The lowest BCUT2D eigenvalue weighted by atomic mass is 9.90. The van der Waals surface area contributed by atoms with Crippen LogP contribution in [0.25, 0.3) is 21.7 Å². The van der Waals surface area contributed by atoms with Gasteiger partial charge in [0, 0.05) is 39.7 Å². The lowest BCUT2D eigenvalue weighted by molar-refractivity contribution is 0.570. The number of rotatable bonds is 0. The van der Waals surface area contributed by atoms with Crippen molar-refractivity contribution < 1.29 is 0 Å². The van der Waals surface area contributed by atoms with E-state index in [2.05, 4.69) is 55.0 Å². The summed E-state index contributed by atoms with van der Waals surface area (Å²) in [4.78, 5) is 9.06. The van der Waals surface area contributed by atoms with Gasteiger partial charge in [0.1, 0.15) is 0 Å². The smallest absolute Gasteiger partial charge is 0.0781 e. The molecule has 3 rings (SSSR count). The second-order valence-electron chi connectivity index (χ2n) is 5.68. The lowest BCUT2D eigenvalue weighted by Crippen LogP contribution is -2.13. The molecule has 0 amide bonds. The van der Waals surface area contributed by atoms with E-state index in [0.717, 1.165) is 16.6 Å². The molecule has 90 valence electrons. The van der Waals surface area contributed by atoms with E-state index in [9.17, 15) is 0 Å². The molecule has 0 radical (unpaired) electrons. The second-order valence-corrected chi connectivity index (χ2v) is 5.68. The summed E-state index contributed by atoms with van der Waals surface area (Å²) in [5.74, 6) is 0. The van der Waals surface area contributed by atoms with Crippen LogP contribution in [0.2, 0.25) is 0 Å². The van der Waals surface area contributed by atoms with E-state index in [1.165, 1.54) is 10.8 Å². The highest BCUT2D eigenvalue weighted by Gasteiger charge is 2.16. The molecule has 0 bridgehead atoms. The Kier molecular flexibility index (Phi) is 2.34. The van der Waals surface area contributed by atoms with Crippen LogP contribution in [0.5, 0.6) is 0 Å². The predicted molar refractivity (Wildman–Crippen MR) is 75.7 cm³/mol. The molecule has 0 aliphatic rings. The number of hydrogen-bond acceptors (Lipinski definition) is 2. The van der Waals surface area contributed by atoms with Gasteiger partial charge in [-0.05, 0) is 12.1 Å². The van der Waals surface area contributed by atoms with E-state index in [0.29, 0.717) is 0 Å². The first-order chi connectivity index (χ1) is 8.55. The highest BCUT2D eigenvalue weighted by atomic mass is 14.7. The van der Waals surface area contributed by atoms with Crippen LogP contribution in [0, 0.1) is 0 Å². The molecule has 3 aromatic rings. The molecule has 0 unspecified atom stereocenters. The molecule has 2 nitrogen and oxygen atoms in total. The lowest BCUT2D eigenvalue weighted by Gasteiger charge is -2.18. The van der Waals surface area contributed by atoms with Gasteiger partial charge in [-0.2, -0.15) is 0 Å². The molecule has 2 heteroatoms. The molecular weight excluding hydrogens is 220 g/mol. The van der Waals surface area contributed by atoms with Gasteiger partial charge < -0.3 is 0 Å². The zero-order chi connectivity index (χ0) is 12.8. The normalized spacial score (nSPS) is 12.2. The summed E-state index contributed by atoms with van der Waals surface area (Å²) in [7, 11) is 0. The van der Waals surface area contributed by atoms with Gasteiger partial charge >= 0.3 is 0 Å². The van der Waals surface area contributed by atoms with Crippen LogP contribution in [0.1, 0.15) is 26.5 Å². The van der Waals surface area contributed by atoms with Crippen molar-refractivity contribution in [2.75, 3.05) is 0 Å². The van der Waals surface area contributed by atoms with Gasteiger partial charge in [0.2, 0.25) is 0 Å². The maximum Gasteiger partial charge on any atom is 0.0781 e. The molecule has 0 aliphatic carbocycles. The van der Waals surface area contributed by atoms with Crippen molar-refractivity contribution in [2.45, 2.75) is 26.2 Å². The Labute approximate surface area is 107 Å². The number of fused-ring (bicyclic) bond motifs is 3. The van der Waals surface area contributed by atoms with Crippen LogP contribution in [0.3, 0.4) is 0 Å². The third-order valence-corrected chi connectivity index (χ3v) is 3.24. The fourth-order valence-corrected chi connectivity index (χ4v) is 2.17. The quantitative estimate of drug-likeness (QED) is 0.550. The maximum atomic E-state index is 4.56. The van der Waals surface area contributed by atoms with Gasteiger partial charge in [-0.25, -0.2) is 0 Å². The van der Waals surface area contributed by atoms with Crippen molar-refractivity contribution in [1.29, 1.82) is 0 Å². The highest BCUT2D eigenvalue weighted by molar-refractivity contribution is 6.04. The summed E-state index contributed by atoms with van der Waals surface area (Å²) in [5.41, 5.74) is 2.22. The first-order valence-corrected chi connectivity index (χ1v) is 6.20. The van der Waals surface area contributed by atoms with Crippen LogP contribution in [-0.4, -0.2) is 9.97 Å². The number of benzene rings is 1. The van der Waals surface area contributed by atoms with E-state index in [1.807, 2.05) is 18.5 Å². The SMILES string of the molecule is CC(C)(C)c1cc2c(ccc3cccnc32)cn1. The fourth-order valence-electron chi connectivity index (χ4n) is 2.17. The monoisotopic (exact) mass is 236 g/mol. The molecule has 18 heavy (non-hydrogen) atoms. The number of aromatic nitrogens is 2. The molecule has 0 saturated carbocycles. The minimum absolute atomic E-state index is 0.0606. The summed E-state index contributed by atoms with van der Waals surface area (Å²) < 4.78 is 0. The fraction of sp³-hybridized carbons (Fsp3) is 0.250. The van der Waals surface area contributed by atoms with Gasteiger partial charge in [-0.15, -0.1) is 0 Å². The van der Waals surface area contributed by atoms with Gasteiger partial charge in [-0.3, -0.25) is 9.97 Å². The molecule has 2 heterocycles. The van der Waals surface area contributed by atoms with Crippen LogP contribution in [0.15, 0.2) is 42.7 Å². The van der Waals surface area contributed by atoms with Crippen molar-refractivity contribution in [2.24, 2.45) is 0 Å². The van der Waals surface area contributed by atoms with Crippen molar-refractivity contribution >= 4 is 21.7 Å². The van der Waals surface area contributed by atoms with E-state index in [1.54, 1.807) is 0 Å². The van der Waals surface area contributed by atoms with Gasteiger partial charge in [0.25, 0.3) is 0 Å². The van der Waals surface area contributed by atoms with E-state index >= 15 is 0 Å². The Balaban J connectivity index is 2.40. The Hall–Kier alpha value is -1.96. The predicted octanol–water partition coefficient (Wildman–Crippen LogP) is 4.08. The summed E-state index contributed by atoms with van der Waals surface area (Å²) in [6.45, 7) is 6.54. The molecular formula is C16H16N2. The average molecular weight is 236 g/mol. The molecule has 0 N–H and O–H groups in total. The maximum absolute atomic E-state index is 4.56.